The molecule has 0 atom stereocenters. The van der Waals surface area contributed by atoms with E-state index >= 15 is 0 Å². The summed E-state index contributed by atoms with van der Waals surface area (Å²) in [6.07, 6.45) is 0.810. The smallest absolute Gasteiger partial charge is 0.339 e. The molecule has 0 aliphatic carbocycles. The molecule has 0 bridgehead atoms. The van der Waals surface area contributed by atoms with E-state index in [2.05, 4.69) is 0 Å². The number of sulfone groups is 1. The maximum atomic E-state index is 13.6. The number of hydrogen-bond acceptors (Lipinski definition) is 6. The summed E-state index contributed by atoms with van der Waals surface area (Å²) in [6, 6.07) is 8.43. The highest BCUT2D eigenvalue weighted by Gasteiger charge is 2.27. The molecule has 31 heavy (non-hydrogen) atoms. The van der Waals surface area contributed by atoms with Crippen molar-refractivity contribution in [2.45, 2.75) is 31.1 Å². The summed E-state index contributed by atoms with van der Waals surface area (Å²) < 4.78 is 49.2. The SMILES string of the molecule is CCOC(=O)c1cc(F)ccc1S(=O)(=O)CCCC(=O)N1CCc2ccc(OC)cc21. The van der Waals surface area contributed by atoms with E-state index in [1.807, 2.05) is 12.1 Å². The van der Waals surface area contributed by atoms with E-state index in [0.29, 0.717) is 12.3 Å². The van der Waals surface area contributed by atoms with E-state index in [-0.39, 0.29) is 41.6 Å². The van der Waals surface area contributed by atoms with E-state index in [9.17, 15) is 22.4 Å². The zero-order chi connectivity index (χ0) is 22.6. The van der Waals surface area contributed by atoms with Crippen LogP contribution in [0.1, 0.15) is 35.7 Å². The van der Waals surface area contributed by atoms with Gasteiger partial charge in [-0.1, -0.05) is 6.07 Å². The minimum absolute atomic E-state index is 0.0197. The normalized spacial score (nSPS) is 13.1. The molecule has 0 fully saturated rings. The molecule has 9 heteroatoms. The number of ether oxygens (including phenoxy) is 2. The molecule has 0 aromatic heterocycles. The van der Waals surface area contributed by atoms with Gasteiger partial charge in [-0.15, -0.1) is 0 Å². The second-order valence-electron chi connectivity index (χ2n) is 7.07. The molecule has 0 radical (unpaired) electrons. The molecule has 3 rings (SSSR count). The third kappa shape index (κ3) is 5.04. The van der Waals surface area contributed by atoms with Crippen LogP contribution in [0, 0.1) is 5.82 Å². The summed E-state index contributed by atoms with van der Waals surface area (Å²) >= 11 is 0. The maximum absolute atomic E-state index is 13.6. The first kappa shape index (κ1) is 22.7. The van der Waals surface area contributed by atoms with Crippen molar-refractivity contribution in [3.8, 4) is 5.75 Å². The van der Waals surface area contributed by atoms with Crippen LogP contribution in [0.25, 0.3) is 0 Å². The van der Waals surface area contributed by atoms with Crippen molar-refractivity contribution in [1.29, 1.82) is 0 Å². The van der Waals surface area contributed by atoms with Gasteiger partial charge in [-0.05, 0) is 49.6 Å². The fourth-order valence-corrected chi connectivity index (χ4v) is 5.04. The molecule has 2 aromatic carbocycles. The molecule has 7 nitrogen and oxygen atoms in total. The van der Waals surface area contributed by atoms with Gasteiger partial charge in [0.15, 0.2) is 9.84 Å². The van der Waals surface area contributed by atoms with Crippen LogP contribution in [-0.4, -0.2) is 46.3 Å². The summed E-state index contributed by atoms with van der Waals surface area (Å²) in [5, 5.41) is 0. The Kier molecular flexibility index (Phi) is 6.94. The van der Waals surface area contributed by atoms with Crippen LogP contribution in [-0.2, 0) is 25.8 Å². The number of halogens is 1. The molecule has 0 spiro atoms. The number of amides is 1. The fraction of sp³-hybridized carbons (Fsp3) is 0.364. The highest BCUT2D eigenvalue weighted by atomic mass is 32.2. The number of carbonyl (C=O) groups is 2. The third-order valence-electron chi connectivity index (χ3n) is 5.06. The summed E-state index contributed by atoms with van der Waals surface area (Å²) in [7, 11) is -2.37. The Morgan fingerprint density at radius 3 is 2.65 bits per heavy atom. The number of esters is 1. The van der Waals surface area contributed by atoms with Crippen LogP contribution in [0.4, 0.5) is 10.1 Å². The highest BCUT2D eigenvalue weighted by Crippen LogP contribution is 2.32. The van der Waals surface area contributed by atoms with Gasteiger partial charge in [-0.3, -0.25) is 4.79 Å². The van der Waals surface area contributed by atoms with Crippen LogP contribution in [0.5, 0.6) is 5.75 Å². The number of benzene rings is 2. The van der Waals surface area contributed by atoms with Crippen LogP contribution in [0.3, 0.4) is 0 Å². The maximum Gasteiger partial charge on any atom is 0.339 e. The predicted octanol–water partition coefficient (Wildman–Crippen LogP) is 3.15. The molecular weight excluding hydrogens is 425 g/mol. The zero-order valence-corrected chi connectivity index (χ0v) is 18.2. The average Bonchev–Trinajstić information content (AvgIpc) is 3.16. The van der Waals surface area contributed by atoms with Gasteiger partial charge in [-0.25, -0.2) is 17.6 Å². The Bertz CT molecular complexity index is 1100. The minimum Gasteiger partial charge on any atom is -0.497 e. The first-order valence-electron chi connectivity index (χ1n) is 9.93. The first-order valence-corrected chi connectivity index (χ1v) is 11.6. The third-order valence-corrected chi connectivity index (χ3v) is 6.92. The molecule has 1 amide bonds. The second-order valence-corrected chi connectivity index (χ2v) is 9.15. The van der Waals surface area contributed by atoms with Gasteiger partial charge in [0.05, 0.1) is 35.6 Å². The monoisotopic (exact) mass is 449 g/mol. The average molecular weight is 450 g/mol. The van der Waals surface area contributed by atoms with Gasteiger partial charge in [0.1, 0.15) is 11.6 Å². The summed E-state index contributed by atoms with van der Waals surface area (Å²) in [6.45, 7) is 2.13. The highest BCUT2D eigenvalue weighted by molar-refractivity contribution is 7.91. The number of nitrogens with zero attached hydrogens (tertiary/aromatic N) is 1. The number of carbonyl (C=O) groups excluding carboxylic acids is 2. The second kappa shape index (κ2) is 9.47. The van der Waals surface area contributed by atoms with E-state index in [1.165, 1.54) is 0 Å². The fourth-order valence-electron chi connectivity index (χ4n) is 3.55. The van der Waals surface area contributed by atoms with Crippen LogP contribution in [0.2, 0.25) is 0 Å². The predicted molar refractivity (Wildman–Crippen MR) is 113 cm³/mol. The van der Waals surface area contributed by atoms with Crippen molar-refractivity contribution in [3.63, 3.8) is 0 Å². The molecular formula is C22H24FNO6S. The molecule has 0 N–H and O–H groups in total. The number of rotatable bonds is 8. The van der Waals surface area contributed by atoms with Crippen molar-refractivity contribution in [3.05, 3.63) is 53.3 Å². The van der Waals surface area contributed by atoms with Crippen molar-refractivity contribution in [1.82, 2.24) is 0 Å². The molecule has 0 saturated heterocycles. The molecule has 1 heterocycles. The van der Waals surface area contributed by atoms with E-state index < -0.39 is 21.6 Å². The Morgan fingerprint density at radius 2 is 1.94 bits per heavy atom. The largest absolute Gasteiger partial charge is 0.497 e. The number of fused-ring (bicyclic) bond motifs is 1. The quantitative estimate of drug-likeness (QED) is 0.454. The van der Waals surface area contributed by atoms with Crippen molar-refractivity contribution in [2.24, 2.45) is 0 Å². The summed E-state index contributed by atoms with van der Waals surface area (Å²) in [4.78, 5) is 26.1. The Morgan fingerprint density at radius 1 is 1.16 bits per heavy atom. The first-order chi connectivity index (χ1) is 14.8. The van der Waals surface area contributed by atoms with Gasteiger partial charge < -0.3 is 14.4 Å². The number of anilines is 1. The van der Waals surface area contributed by atoms with Crippen LogP contribution in [0.15, 0.2) is 41.3 Å². The van der Waals surface area contributed by atoms with Gasteiger partial charge in [0.25, 0.3) is 0 Å². The summed E-state index contributed by atoms with van der Waals surface area (Å²) in [5.74, 6) is -1.54. The number of hydrogen-bond donors (Lipinski definition) is 0. The molecule has 1 aliphatic heterocycles. The van der Waals surface area contributed by atoms with Crippen molar-refractivity contribution in [2.75, 3.05) is 30.9 Å². The van der Waals surface area contributed by atoms with Crippen LogP contribution < -0.4 is 9.64 Å². The van der Waals surface area contributed by atoms with E-state index in [4.69, 9.17) is 9.47 Å². The topological polar surface area (TPSA) is 90.0 Å². The van der Waals surface area contributed by atoms with Gasteiger partial charge >= 0.3 is 5.97 Å². The minimum atomic E-state index is -3.92. The van der Waals surface area contributed by atoms with Crippen molar-refractivity contribution < 1.29 is 31.9 Å². The van der Waals surface area contributed by atoms with Gasteiger partial charge in [0, 0.05) is 19.0 Å². The molecule has 2 aromatic rings. The van der Waals surface area contributed by atoms with Gasteiger partial charge in [-0.2, -0.15) is 0 Å². The number of methoxy groups -OCH3 is 1. The Balaban J connectivity index is 1.69. The van der Waals surface area contributed by atoms with Gasteiger partial charge in [0.2, 0.25) is 5.91 Å². The lowest BCUT2D eigenvalue weighted by Crippen LogP contribution is -2.29. The standard InChI is InChI=1S/C22H24FNO6S/c1-3-30-22(26)18-13-16(23)7-9-20(18)31(27,28)12-4-5-21(25)24-11-10-15-6-8-17(29-2)14-19(15)24/h6-9,13-14H,3-5,10-12H2,1-2H3. The molecule has 166 valence electrons. The Hall–Kier alpha value is -2.94. The lowest BCUT2D eigenvalue weighted by molar-refractivity contribution is -0.118. The molecule has 1 aliphatic rings. The lowest BCUT2D eigenvalue weighted by atomic mass is 10.1. The summed E-state index contributed by atoms with van der Waals surface area (Å²) in [5.41, 5.74) is 1.47. The zero-order valence-electron chi connectivity index (χ0n) is 17.4. The van der Waals surface area contributed by atoms with Crippen molar-refractivity contribution >= 4 is 27.4 Å². The Labute approximate surface area is 180 Å². The lowest BCUT2D eigenvalue weighted by Gasteiger charge is -2.18. The van der Waals surface area contributed by atoms with Crippen LogP contribution >= 0.6 is 0 Å². The van der Waals surface area contributed by atoms with E-state index in [0.717, 1.165) is 35.9 Å². The van der Waals surface area contributed by atoms with E-state index in [1.54, 1.807) is 25.0 Å². The molecule has 0 saturated carbocycles. The molecule has 0 unspecified atom stereocenters.